The van der Waals surface area contributed by atoms with E-state index < -0.39 is 0 Å². The van der Waals surface area contributed by atoms with Gasteiger partial charge in [0, 0.05) is 36.2 Å². The van der Waals surface area contributed by atoms with Crippen molar-refractivity contribution < 1.29 is 4.74 Å². The summed E-state index contributed by atoms with van der Waals surface area (Å²) in [6, 6.07) is 11.1. The highest BCUT2D eigenvalue weighted by Gasteiger charge is 2.12. The van der Waals surface area contributed by atoms with Crippen LogP contribution in [0.15, 0.2) is 41.2 Å². The Kier molecular flexibility index (Phi) is 4.80. The lowest BCUT2D eigenvalue weighted by Gasteiger charge is -2.26. The Morgan fingerprint density at radius 2 is 1.86 bits per heavy atom. The van der Waals surface area contributed by atoms with Crippen molar-refractivity contribution in [1.29, 1.82) is 0 Å². The first-order chi connectivity index (χ1) is 10.8. The predicted octanol–water partition coefficient (Wildman–Crippen LogP) is 1.93. The average Bonchev–Trinajstić information content (AvgIpc) is 2.58. The van der Waals surface area contributed by atoms with Crippen LogP contribution >= 0.6 is 11.8 Å². The maximum atomic E-state index is 12.0. The zero-order chi connectivity index (χ0) is 15.4. The van der Waals surface area contributed by atoms with E-state index in [1.807, 2.05) is 36.0 Å². The fourth-order valence-electron chi connectivity index (χ4n) is 2.40. The quantitative estimate of drug-likeness (QED) is 0.862. The predicted molar refractivity (Wildman–Crippen MR) is 89.4 cm³/mol. The van der Waals surface area contributed by atoms with Gasteiger partial charge in [-0.05, 0) is 30.3 Å². The van der Waals surface area contributed by atoms with E-state index in [1.165, 1.54) is 0 Å². The second-order valence-corrected chi connectivity index (χ2v) is 6.38. The lowest BCUT2D eigenvalue weighted by molar-refractivity contribution is 0.223. The lowest BCUT2D eigenvalue weighted by atomic mass is 10.1. The standard InChI is InChI=1S/C16H19N3O2S/c1-21-14-4-2-13(3-5-14)15-6-7-16(20)19(17-15)12-18-8-10-22-11-9-18/h2-7H,8-12H2,1H3. The molecule has 1 aliphatic rings. The van der Waals surface area contributed by atoms with E-state index in [-0.39, 0.29) is 5.56 Å². The number of hydrogen-bond acceptors (Lipinski definition) is 5. The third-order valence-electron chi connectivity index (χ3n) is 3.69. The van der Waals surface area contributed by atoms with Crippen LogP contribution in [0.3, 0.4) is 0 Å². The number of benzene rings is 1. The Labute approximate surface area is 133 Å². The maximum Gasteiger partial charge on any atom is 0.268 e. The van der Waals surface area contributed by atoms with Crippen LogP contribution in [0.5, 0.6) is 5.75 Å². The molecule has 1 saturated heterocycles. The summed E-state index contributed by atoms with van der Waals surface area (Å²) in [5.74, 6) is 3.04. The van der Waals surface area contributed by atoms with E-state index >= 15 is 0 Å². The van der Waals surface area contributed by atoms with Crippen LogP contribution in [0, 0.1) is 0 Å². The molecule has 0 aliphatic carbocycles. The molecule has 3 rings (SSSR count). The summed E-state index contributed by atoms with van der Waals surface area (Å²) in [5.41, 5.74) is 1.72. The van der Waals surface area contributed by atoms with E-state index in [2.05, 4.69) is 10.00 Å². The van der Waals surface area contributed by atoms with Gasteiger partial charge in [0.2, 0.25) is 0 Å². The molecule has 1 aromatic carbocycles. The van der Waals surface area contributed by atoms with Gasteiger partial charge < -0.3 is 4.74 Å². The molecule has 1 fully saturated rings. The molecule has 0 saturated carbocycles. The summed E-state index contributed by atoms with van der Waals surface area (Å²) in [7, 11) is 1.64. The first kappa shape index (κ1) is 15.1. The van der Waals surface area contributed by atoms with Crippen LogP contribution in [0.4, 0.5) is 0 Å². The number of hydrogen-bond donors (Lipinski definition) is 0. The van der Waals surface area contributed by atoms with Gasteiger partial charge in [-0.15, -0.1) is 0 Å². The molecule has 0 bridgehead atoms. The van der Waals surface area contributed by atoms with Crippen molar-refractivity contribution in [2.24, 2.45) is 0 Å². The first-order valence-electron chi connectivity index (χ1n) is 7.29. The number of methoxy groups -OCH3 is 1. The second kappa shape index (κ2) is 6.98. The van der Waals surface area contributed by atoms with E-state index in [9.17, 15) is 4.79 Å². The van der Waals surface area contributed by atoms with Crippen LogP contribution in [-0.2, 0) is 6.67 Å². The highest BCUT2D eigenvalue weighted by Crippen LogP contribution is 2.19. The molecule has 22 heavy (non-hydrogen) atoms. The Hall–Kier alpha value is -1.79. The van der Waals surface area contributed by atoms with Gasteiger partial charge in [0.15, 0.2) is 0 Å². The highest BCUT2D eigenvalue weighted by atomic mass is 32.2. The molecule has 5 nitrogen and oxygen atoms in total. The average molecular weight is 317 g/mol. The van der Waals surface area contributed by atoms with Gasteiger partial charge in [-0.3, -0.25) is 9.69 Å². The zero-order valence-corrected chi connectivity index (χ0v) is 13.4. The van der Waals surface area contributed by atoms with E-state index in [0.29, 0.717) is 6.67 Å². The summed E-state index contributed by atoms with van der Waals surface area (Å²) in [6.07, 6.45) is 0. The van der Waals surface area contributed by atoms with Crippen molar-refractivity contribution in [2.75, 3.05) is 31.7 Å². The molecule has 116 valence electrons. The minimum atomic E-state index is -0.0597. The molecular formula is C16H19N3O2S. The van der Waals surface area contributed by atoms with Crippen molar-refractivity contribution >= 4 is 11.8 Å². The minimum Gasteiger partial charge on any atom is -0.497 e. The Bertz CT molecular complexity index is 679. The van der Waals surface area contributed by atoms with Crippen LogP contribution in [0.1, 0.15) is 0 Å². The number of aromatic nitrogens is 2. The summed E-state index contributed by atoms with van der Waals surface area (Å²) in [5, 5.41) is 4.51. The topological polar surface area (TPSA) is 47.4 Å². The van der Waals surface area contributed by atoms with Gasteiger partial charge in [-0.2, -0.15) is 16.9 Å². The molecule has 2 aromatic rings. The second-order valence-electron chi connectivity index (χ2n) is 5.16. The minimum absolute atomic E-state index is 0.0597. The summed E-state index contributed by atoms with van der Waals surface area (Å²) in [6.45, 7) is 2.57. The molecule has 1 aliphatic heterocycles. The fraction of sp³-hybridized carbons (Fsp3) is 0.375. The van der Waals surface area contributed by atoms with Crippen LogP contribution in [0.25, 0.3) is 11.3 Å². The zero-order valence-electron chi connectivity index (χ0n) is 12.6. The normalized spacial score (nSPS) is 15.7. The molecule has 6 heteroatoms. The van der Waals surface area contributed by atoms with Crippen molar-refractivity contribution in [3.8, 4) is 17.0 Å². The van der Waals surface area contributed by atoms with Gasteiger partial charge in [0.05, 0.1) is 19.5 Å². The smallest absolute Gasteiger partial charge is 0.268 e. The summed E-state index contributed by atoms with van der Waals surface area (Å²) in [4.78, 5) is 14.3. The summed E-state index contributed by atoms with van der Waals surface area (Å²) >= 11 is 1.96. The third kappa shape index (κ3) is 3.51. The lowest BCUT2D eigenvalue weighted by Crippen LogP contribution is -2.38. The molecule has 0 atom stereocenters. The van der Waals surface area contributed by atoms with Crippen molar-refractivity contribution in [1.82, 2.24) is 14.7 Å². The van der Waals surface area contributed by atoms with Gasteiger partial charge in [0.25, 0.3) is 5.56 Å². The maximum absolute atomic E-state index is 12.0. The van der Waals surface area contributed by atoms with E-state index in [1.54, 1.807) is 23.9 Å². The number of rotatable bonds is 4. The highest BCUT2D eigenvalue weighted by molar-refractivity contribution is 7.99. The molecule has 0 radical (unpaired) electrons. The third-order valence-corrected chi connectivity index (χ3v) is 4.63. The molecule has 0 spiro atoms. The van der Waals surface area contributed by atoms with E-state index in [4.69, 9.17) is 4.74 Å². The molecule has 0 N–H and O–H groups in total. The summed E-state index contributed by atoms with van der Waals surface area (Å²) < 4.78 is 6.72. The van der Waals surface area contributed by atoms with Crippen molar-refractivity contribution in [3.63, 3.8) is 0 Å². The van der Waals surface area contributed by atoms with Gasteiger partial charge in [-0.1, -0.05) is 0 Å². The Morgan fingerprint density at radius 1 is 1.14 bits per heavy atom. The van der Waals surface area contributed by atoms with Crippen LogP contribution in [-0.4, -0.2) is 46.4 Å². The van der Waals surface area contributed by atoms with Gasteiger partial charge in [0.1, 0.15) is 5.75 Å². The molecule has 1 aromatic heterocycles. The molecule has 2 heterocycles. The van der Waals surface area contributed by atoms with Crippen molar-refractivity contribution in [3.05, 3.63) is 46.8 Å². The number of nitrogens with zero attached hydrogens (tertiary/aromatic N) is 3. The Balaban J connectivity index is 1.83. The van der Waals surface area contributed by atoms with Gasteiger partial charge >= 0.3 is 0 Å². The van der Waals surface area contributed by atoms with Crippen molar-refractivity contribution in [2.45, 2.75) is 6.67 Å². The Morgan fingerprint density at radius 3 is 2.55 bits per heavy atom. The van der Waals surface area contributed by atoms with Gasteiger partial charge in [-0.25, -0.2) is 4.68 Å². The number of thioether (sulfide) groups is 1. The molecular weight excluding hydrogens is 298 g/mol. The number of ether oxygens (including phenoxy) is 1. The SMILES string of the molecule is COc1ccc(-c2ccc(=O)n(CN3CCSCC3)n2)cc1. The fourth-order valence-corrected chi connectivity index (χ4v) is 3.38. The molecule has 0 amide bonds. The van der Waals surface area contributed by atoms with Crippen LogP contribution < -0.4 is 10.3 Å². The first-order valence-corrected chi connectivity index (χ1v) is 8.44. The molecule has 0 unspecified atom stereocenters. The monoisotopic (exact) mass is 317 g/mol. The van der Waals surface area contributed by atoms with E-state index in [0.717, 1.165) is 41.6 Å². The van der Waals surface area contributed by atoms with Crippen LogP contribution in [0.2, 0.25) is 0 Å². The largest absolute Gasteiger partial charge is 0.497 e.